The number of ketones is 1. The maximum Gasteiger partial charge on any atom is 0.296 e. The van der Waals surface area contributed by atoms with Gasteiger partial charge < -0.3 is 10.6 Å². The van der Waals surface area contributed by atoms with Crippen LogP contribution in [0.5, 0.6) is 0 Å². The van der Waals surface area contributed by atoms with E-state index >= 15 is 0 Å². The molecule has 106 valence electrons. The summed E-state index contributed by atoms with van der Waals surface area (Å²) in [5.74, 6) is -1.01. The van der Waals surface area contributed by atoms with Crippen molar-refractivity contribution >= 4 is 23.1 Å². The van der Waals surface area contributed by atoms with Crippen LogP contribution in [0.25, 0.3) is 0 Å². The quantitative estimate of drug-likeness (QED) is 0.654. The molecule has 21 heavy (non-hydrogen) atoms. The fourth-order valence-corrected chi connectivity index (χ4v) is 2.42. The number of Topliss-reactive ketones (excluding diaryl/α,β-unsaturated/α-hetero) is 1. The number of nitrogens with one attached hydrogen (secondary N) is 2. The molecular formula is C17H16N2O2. The van der Waals surface area contributed by atoms with E-state index in [0.717, 1.165) is 25.1 Å². The second kappa shape index (κ2) is 5.79. The fourth-order valence-electron chi connectivity index (χ4n) is 2.42. The van der Waals surface area contributed by atoms with Gasteiger partial charge in [0.05, 0.1) is 11.3 Å². The summed E-state index contributed by atoms with van der Waals surface area (Å²) >= 11 is 0. The number of hydrogen-bond donors (Lipinski definition) is 2. The molecule has 1 aliphatic heterocycles. The molecule has 0 atom stereocenters. The summed E-state index contributed by atoms with van der Waals surface area (Å²) in [4.78, 5) is 22.9. The molecule has 0 saturated heterocycles. The van der Waals surface area contributed by atoms with Crippen molar-refractivity contribution in [2.24, 2.45) is 0 Å². The highest BCUT2D eigenvalue weighted by molar-refractivity contribution is 6.51. The van der Waals surface area contributed by atoms with Gasteiger partial charge in [0.2, 0.25) is 0 Å². The molecule has 2 N–H and O–H groups in total. The normalized spacial score (nSPS) is 13.0. The van der Waals surface area contributed by atoms with Gasteiger partial charge in [-0.05, 0) is 36.6 Å². The second-order valence-corrected chi connectivity index (χ2v) is 5.06. The highest BCUT2D eigenvalue weighted by Crippen LogP contribution is 2.26. The van der Waals surface area contributed by atoms with Crippen molar-refractivity contribution in [2.75, 3.05) is 17.2 Å². The van der Waals surface area contributed by atoms with Gasteiger partial charge in [-0.2, -0.15) is 0 Å². The van der Waals surface area contributed by atoms with Gasteiger partial charge in [-0.1, -0.05) is 30.3 Å². The van der Waals surface area contributed by atoms with E-state index in [9.17, 15) is 9.59 Å². The standard InChI is InChI=1S/C17H16N2O2/c20-16-14-11-13(8-9-15(14)19-17(16)21)18-10-4-7-12-5-2-1-3-6-12/h1-3,5-6,8-9,11,18H,4,7,10H2,(H,19,20,21). The molecule has 3 rings (SSSR count). The van der Waals surface area contributed by atoms with Crippen molar-refractivity contribution < 1.29 is 9.59 Å². The summed E-state index contributed by atoms with van der Waals surface area (Å²) < 4.78 is 0. The van der Waals surface area contributed by atoms with E-state index in [-0.39, 0.29) is 0 Å². The van der Waals surface area contributed by atoms with Crippen LogP contribution in [0.4, 0.5) is 11.4 Å². The Hall–Kier alpha value is -2.62. The molecule has 0 spiro atoms. The van der Waals surface area contributed by atoms with Crippen molar-refractivity contribution in [3.63, 3.8) is 0 Å². The van der Waals surface area contributed by atoms with E-state index < -0.39 is 11.7 Å². The van der Waals surface area contributed by atoms with E-state index in [1.165, 1.54) is 5.56 Å². The number of aryl methyl sites for hydroxylation is 1. The van der Waals surface area contributed by atoms with E-state index in [4.69, 9.17) is 0 Å². The predicted octanol–water partition coefficient (Wildman–Crippen LogP) is 2.87. The number of carbonyl (C=O) groups excluding carboxylic acids is 2. The highest BCUT2D eigenvalue weighted by atomic mass is 16.2. The van der Waals surface area contributed by atoms with Gasteiger partial charge in [0.1, 0.15) is 0 Å². The Kier molecular flexibility index (Phi) is 3.69. The molecule has 2 aromatic rings. The van der Waals surface area contributed by atoms with Crippen molar-refractivity contribution in [1.82, 2.24) is 0 Å². The zero-order chi connectivity index (χ0) is 14.7. The molecular weight excluding hydrogens is 264 g/mol. The average molecular weight is 280 g/mol. The number of amides is 1. The molecule has 4 heteroatoms. The van der Waals surface area contributed by atoms with E-state index in [2.05, 4.69) is 22.8 Å². The van der Waals surface area contributed by atoms with Crippen LogP contribution in [0.1, 0.15) is 22.3 Å². The van der Waals surface area contributed by atoms with Crippen molar-refractivity contribution in [2.45, 2.75) is 12.8 Å². The Morgan fingerprint density at radius 1 is 1.00 bits per heavy atom. The molecule has 0 radical (unpaired) electrons. The van der Waals surface area contributed by atoms with E-state index in [1.54, 1.807) is 12.1 Å². The number of rotatable bonds is 5. The minimum absolute atomic E-state index is 0.452. The molecule has 1 heterocycles. The number of benzene rings is 2. The summed E-state index contributed by atoms with van der Waals surface area (Å²) in [6, 6.07) is 15.7. The minimum atomic E-state index is -0.550. The van der Waals surface area contributed by atoms with Gasteiger partial charge in [0.15, 0.2) is 0 Å². The van der Waals surface area contributed by atoms with Crippen LogP contribution in [-0.4, -0.2) is 18.2 Å². The molecule has 4 nitrogen and oxygen atoms in total. The van der Waals surface area contributed by atoms with Gasteiger partial charge in [-0.25, -0.2) is 0 Å². The number of carbonyl (C=O) groups is 2. The highest BCUT2D eigenvalue weighted by Gasteiger charge is 2.27. The topological polar surface area (TPSA) is 58.2 Å². The van der Waals surface area contributed by atoms with Gasteiger partial charge >= 0.3 is 0 Å². The third-order valence-electron chi connectivity index (χ3n) is 3.53. The zero-order valence-electron chi connectivity index (χ0n) is 11.6. The van der Waals surface area contributed by atoms with Crippen molar-refractivity contribution in [3.05, 3.63) is 59.7 Å². The SMILES string of the molecule is O=C1Nc2ccc(NCCCc3ccccc3)cc2C1=O. The molecule has 1 amide bonds. The van der Waals surface area contributed by atoms with Crippen LogP contribution in [-0.2, 0) is 11.2 Å². The minimum Gasteiger partial charge on any atom is -0.385 e. The zero-order valence-corrected chi connectivity index (χ0v) is 11.6. The molecule has 2 aromatic carbocycles. The molecule has 0 fully saturated rings. The first-order chi connectivity index (χ1) is 10.2. The summed E-state index contributed by atoms with van der Waals surface area (Å²) in [6.07, 6.45) is 2.02. The first-order valence-electron chi connectivity index (χ1n) is 7.01. The second-order valence-electron chi connectivity index (χ2n) is 5.06. The Morgan fingerprint density at radius 3 is 2.62 bits per heavy atom. The van der Waals surface area contributed by atoms with Crippen LogP contribution >= 0.6 is 0 Å². The number of hydrogen-bond acceptors (Lipinski definition) is 3. The Labute approximate surface area is 123 Å². The lowest BCUT2D eigenvalue weighted by Crippen LogP contribution is -2.12. The lowest BCUT2D eigenvalue weighted by atomic mass is 10.1. The Bertz CT molecular complexity index is 680. The lowest BCUT2D eigenvalue weighted by molar-refractivity contribution is -0.112. The molecule has 1 aliphatic rings. The average Bonchev–Trinajstić information content (AvgIpc) is 2.80. The predicted molar refractivity (Wildman–Crippen MR) is 82.7 cm³/mol. The number of anilines is 2. The number of fused-ring (bicyclic) bond motifs is 1. The van der Waals surface area contributed by atoms with Gasteiger partial charge in [0, 0.05) is 12.2 Å². The molecule has 0 unspecified atom stereocenters. The van der Waals surface area contributed by atoms with Crippen LogP contribution in [0, 0.1) is 0 Å². The first kappa shape index (κ1) is 13.4. The molecule has 0 aliphatic carbocycles. The maximum absolute atomic E-state index is 11.6. The fraction of sp³-hybridized carbons (Fsp3) is 0.176. The summed E-state index contributed by atoms with van der Waals surface area (Å²) in [7, 11) is 0. The maximum atomic E-state index is 11.6. The molecule has 0 saturated carbocycles. The van der Waals surface area contributed by atoms with Crippen LogP contribution in [0.3, 0.4) is 0 Å². The smallest absolute Gasteiger partial charge is 0.296 e. The van der Waals surface area contributed by atoms with Crippen LogP contribution in [0.15, 0.2) is 48.5 Å². The third-order valence-corrected chi connectivity index (χ3v) is 3.53. The van der Waals surface area contributed by atoms with Crippen LogP contribution in [0.2, 0.25) is 0 Å². The van der Waals surface area contributed by atoms with Gasteiger partial charge in [0.25, 0.3) is 11.7 Å². The van der Waals surface area contributed by atoms with Crippen molar-refractivity contribution in [1.29, 1.82) is 0 Å². The molecule has 0 aromatic heterocycles. The summed E-state index contributed by atoms with van der Waals surface area (Å²) in [5, 5.41) is 5.84. The van der Waals surface area contributed by atoms with Gasteiger partial charge in [-0.15, -0.1) is 0 Å². The Morgan fingerprint density at radius 2 is 1.81 bits per heavy atom. The monoisotopic (exact) mass is 280 g/mol. The van der Waals surface area contributed by atoms with Crippen molar-refractivity contribution in [3.8, 4) is 0 Å². The lowest BCUT2D eigenvalue weighted by Gasteiger charge is -2.07. The Balaban J connectivity index is 1.55. The largest absolute Gasteiger partial charge is 0.385 e. The van der Waals surface area contributed by atoms with Crippen LogP contribution < -0.4 is 10.6 Å². The van der Waals surface area contributed by atoms with Gasteiger partial charge in [-0.3, -0.25) is 9.59 Å². The van der Waals surface area contributed by atoms with E-state index in [1.807, 2.05) is 24.3 Å². The van der Waals surface area contributed by atoms with E-state index in [0.29, 0.717) is 11.3 Å². The third kappa shape index (κ3) is 2.94. The summed E-state index contributed by atoms with van der Waals surface area (Å²) in [6.45, 7) is 0.823. The first-order valence-corrected chi connectivity index (χ1v) is 7.01. The molecule has 0 bridgehead atoms. The summed E-state index contributed by atoms with van der Waals surface area (Å²) in [5.41, 5.74) is 3.23.